The smallest absolute Gasteiger partial charge is 0.157 e. The largest absolute Gasteiger partial charge is 0.362 e. The number of hydrogen-bond donors (Lipinski definition) is 1. The van der Waals surface area contributed by atoms with Gasteiger partial charge in [0.25, 0.3) is 0 Å². The average Bonchev–Trinajstić information content (AvgIpc) is 2.25. The van der Waals surface area contributed by atoms with E-state index >= 15 is 0 Å². The molecule has 1 aliphatic heterocycles. The van der Waals surface area contributed by atoms with E-state index in [4.69, 9.17) is 4.99 Å². The molecule has 1 aliphatic rings. The van der Waals surface area contributed by atoms with Gasteiger partial charge in [-0.1, -0.05) is 45.4 Å². The van der Waals surface area contributed by atoms with Crippen LogP contribution in [0.5, 0.6) is 0 Å². The molecule has 3 unspecified atom stereocenters. The van der Waals surface area contributed by atoms with Crippen molar-refractivity contribution >= 4 is 16.9 Å². The Bertz CT molecular complexity index is 236. The Kier molecular flexibility index (Phi) is 5.67. The van der Waals surface area contributed by atoms with Gasteiger partial charge in [-0.15, -0.1) is 0 Å². The van der Waals surface area contributed by atoms with E-state index in [9.17, 15) is 0 Å². The highest BCUT2D eigenvalue weighted by Gasteiger charge is 2.21. The number of thioether (sulfide) groups is 1. The molecule has 0 bridgehead atoms. The zero-order chi connectivity index (χ0) is 12.1. The zero-order valence-electron chi connectivity index (χ0n) is 11.3. The molecule has 1 rings (SSSR count). The van der Waals surface area contributed by atoms with Crippen molar-refractivity contribution in [2.45, 2.75) is 59.5 Å². The summed E-state index contributed by atoms with van der Waals surface area (Å²) in [6, 6.07) is 1.01. The number of rotatable bonds is 4. The molecule has 94 valence electrons. The second kappa shape index (κ2) is 6.53. The zero-order valence-corrected chi connectivity index (χ0v) is 12.1. The third-order valence-corrected chi connectivity index (χ3v) is 4.92. The van der Waals surface area contributed by atoms with Crippen LogP contribution in [0, 0.1) is 11.8 Å². The summed E-state index contributed by atoms with van der Waals surface area (Å²) in [4.78, 5) is 4.72. The first-order valence-electron chi connectivity index (χ1n) is 6.55. The third-order valence-electron chi connectivity index (χ3n) is 3.73. The maximum atomic E-state index is 4.72. The third kappa shape index (κ3) is 3.69. The van der Waals surface area contributed by atoms with E-state index in [1.807, 2.05) is 11.8 Å². The van der Waals surface area contributed by atoms with Crippen LogP contribution in [-0.4, -0.2) is 23.0 Å². The fourth-order valence-electron chi connectivity index (χ4n) is 2.09. The van der Waals surface area contributed by atoms with Crippen molar-refractivity contribution in [2.75, 3.05) is 5.75 Å². The minimum Gasteiger partial charge on any atom is -0.362 e. The Morgan fingerprint density at radius 3 is 2.50 bits per heavy atom. The van der Waals surface area contributed by atoms with E-state index < -0.39 is 0 Å². The molecule has 16 heavy (non-hydrogen) atoms. The van der Waals surface area contributed by atoms with Crippen LogP contribution in [0.3, 0.4) is 0 Å². The predicted molar refractivity (Wildman–Crippen MR) is 75.2 cm³/mol. The minimum absolute atomic E-state index is 0.470. The van der Waals surface area contributed by atoms with Crippen LogP contribution in [-0.2, 0) is 0 Å². The summed E-state index contributed by atoms with van der Waals surface area (Å²) in [6.45, 7) is 11.3. The normalized spacial score (nSPS) is 27.8. The number of nitrogens with one attached hydrogen (secondary N) is 1. The maximum absolute atomic E-state index is 4.72. The van der Waals surface area contributed by atoms with E-state index in [1.165, 1.54) is 18.6 Å². The van der Waals surface area contributed by atoms with Gasteiger partial charge in [-0.25, -0.2) is 0 Å². The van der Waals surface area contributed by atoms with Gasteiger partial charge in [0.1, 0.15) is 0 Å². The van der Waals surface area contributed by atoms with Crippen molar-refractivity contribution in [3.63, 3.8) is 0 Å². The molecular formula is C13H26N2S. The lowest BCUT2D eigenvalue weighted by atomic mass is 9.96. The van der Waals surface area contributed by atoms with E-state index in [1.54, 1.807) is 0 Å². The Morgan fingerprint density at radius 1 is 1.38 bits per heavy atom. The van der Waals surface area contributed by atoms with Gasteiger partial charge >= 0.3 is 0 Å². The Hall–Kier alpha value is -0.180. The molecular weight excluding hydrogens is 216 g/mol. The standard InChI is InChI=1S/C13H26N2S/c1-6-12(7-2)11(5)15-13-14-10(4)9(3)8-16-13/h9-12H,6-8H2,1-5H3,(H,14,15). The molecule has 3 atom stereocenters. The van der Waals surface area contributed by atoms with Gasteiger partial charge in [0.15, 0.2) is 5.17 Å². The lowest BCUT2D eigenvalue weighted by molar-refractivity contribution is 0.391. The fraction of sp³-hybridized carbons (Fsp3) is 0.923. The number of nitrogens with zero attached hydrogens (tertiary/aromatic N) is 1. The quantitative estimate of drug-likeness (QED) is 0.815. The highest BCUT2D eigenvalue weighted by molar-refractivity contribution is 8.13. The van der Waals surface area contributed by atoms with Crippen molar-refractivity contribution in [3.05, 3.63) is 0 Å². The Balaban J connectivity index is 2.51. The van der Waals surface area contributed by atoms with E-state index in [-0.39, 0.29) is 0 Å². The van der Waals surface area contributed by atoms with Crippen molar-refractivity contribution in [1.82, 2.24) is 5.32 Å². The fourth-order valence-corrected chi connectivity index (χ4v) is 3.30. The van der Waals surface area contributed by atoms with Crippen molar-refractivity contribution in [3.8, 4) is 0 Å². The first kappa shape index (κ1) is 13.9. The second-order valence-electron chi connectivity index (χ2n) is 4.97. The predicted octanol–water partition coefficient (Wildman–Crippen LogP) is 3.53. The summed E-state index contributed by atoms with van der Waals surface area (Å²) >= 11 is 1.88. The molecule has 1 N–H and O–H groups in total. The van der Waals surface area contributed by atoms with Gasteiger partial charge in [0.05, 0.1) is 6.04 Å². The molecule has 0 aromatic heterocycles. The maximum Gasteiger partial charge on any atom is 0.157 e. The molecule has 0 saturated carbocycles. The molecule has 0 radical (unpaired) electrons. The molecule has 0 fully saturated rings. The summed E-state index contributed by atoms with van der Waals surface area (Å²) < 4.78 is 0. The van der Waals surface area contributed by atoms with Crippen LogP contribution in [0.2, 0.25) is 0 Å². The number of hydrogen-bond acceptors (Lipinski definition) is 3. The molecule has 0 amide bonds. The minimum atomic E-state index is 0.470. The molecule has 0 aliphatic carbocycles. The Morgan fingerprint density at radius 2 is 2.00 bits per heavy atom. The van der Waals surface area contributed by atoms with Gasteiger partial charge < -0.3 is 5.32 Å². The lowest BCUT2D eigenvalue weighted by Gasteiger charge is -2.28. The van der Waals surface area contributed by atoms with Crippen LogP contribution < -0.4 is 5.32 Å². The van der Waals surface area contributed by atoms with Crippen LogP contribution in [0.4, 0.5) is 0 Å². The molecule has 0 spiro atoms. The number of amidine groups is 1. The molecule has 0 saturated heterocycles. The summed E-state index contributed by atoms with van der Waals surface area (Å²) in [5, 5.41) is 4.74. The second-order valence-corrected chi connectivity index (χ2v) is 5.98. The molecule has 0 aromatic rings. The van der Waals surface area contributed by atoms with Crippen molar-refractivity contribution < 1.29 is 0 Å². The summed E-state index contributed by atoms with van der Waals surface area (Å²) in [5.41, 5.74) is 0. The van der Waals surface area contributed by atoms with Crippen LogP contribution >= 0.6 is 11.8 Å². The van der Waals surface area contributed by atoms with Crippen LogP contribution in [0.15, 0.2) is 4.99 Å². The highest BCUT2D eigenvalue weighted by Crippen LogP contribution is 2.23. The van der Waals surface area contributed by atoms with Crippen molar-refractivity contribution in [1.29, 1.82) is 0 Å². The van der Waals surface area contributed by atoms with Crippen molar-refractivity contribution in [2.24, 2.45) is 16.8 Å². The summed E-state index contributed by atoms with van der Waals surface area (Å²) in [6.07, 6.45) is 2.49. The summed E-state index contributed by atoms with van der Waals surface area (Å²) in [7, 11) is 0. The van der Waals surface area contributed by atoms with E-state index in [0.717, 1.165) is 11.1 Å². The monoisotopic (exact) mass is 242 g/mol. The molecule has 3 heteroatoms. The van der Waals surface area contributed by atoms with E-state index in [0.29, 0.717) is 18.0 Å². The molecule has 1 heterocycles. The van der Waals surface area contributed by atoms with Gasteiger partial charge in [-0.05, 0) is 25.7 Å². The first-order valence-corrected chi connectivity index (χ1v) is 7.54. The average molecular weight is 242 g/mol. The molecule has 0 aromatic carbocycles. The Labute approximate surface area is 105 Å². The van der Waals surface area contributed by atoms with E-state index in [2.05, 4.69) is 39.9 Å². The van der Waals surface area contributed by atoms with Gasteiger partial charge in [-0.3, -0.25) is 4.99 Å². The first-order chi connectivity index (χ1) is 7.58. The van der Waals surface area contributed by atoms with Gasteiger partial charge in [0.2, 0.25) is 0 Å². The SMILES string of the molecule is CCC(CC)C(C)NC1=NC(C)C(C)CS1. The highest BCUT2D eigenvalue weighted by atomic mass is 32.2. The van der Waals surface area contributed by atoms with Gasteiger partial charge in [-0.2, -0.15) is 0 Å². The van der Waals surface area contributed by atoms with Crippen LogP contribution in [0.25, 0.3) is 0 Å². The summed E-state index contributed by atoms with van der Waals surface area (Å²) in [5.74, 6) is 2.67. The number of aliphatic imine (C=N–C) groups is 1. The molecule has 2 nitrogen and oxygen atoms in total. The topological polar surface area (TPSA) is 24.4 Å². The van der Waals surface area contributed by atoms with Crippen LogP contribution in [0.1, 0.15) is 47.5 Å². The van der Waals surface area contributed by atoms with Gasteiger partial charge in [0, 0.05) is 11.8 Å². The lowest BCUT2D eigenvalue weighted by Crippen LogP contribution is -2.39.